The minimum Gasteiger partial charge on any atom is -0.494 e. The van der Waals surface area contributed by atoms with Crippen LogP contribution in [0.2, 0.25) is 0 Å². The number of hydrogen-bond acceptors (Lipinski definition) is 6. The van der Waals surface area contributed by atoms with E-state index in [1.54, 1.807) is 12.1 Å². The predicted molar refractivity (Wildman–Crippen MR) is 101 cm³/mol. The van der Waals surface area contributed by atoms with Gasteiger partial charge >= 0.3 is 5.69 Å². The molecule has 0 radical (unpaired) electrons. The third-order valence-electron chi connectivity index (χ3n) is 4.35. The maximum absolute atomic E-state index is 12.5. The molecule has 2 heterocycles. The second kappa shape index (κ2) is 7.10. The van der Waals surface area contributed by atoms with Crippen LogP contribution in [-0.4, -0.2) is 43.5 Å². The lowest BCUT2D eigenvalue weighted by Crippen LogP contribution is -2.37. The smallest absolute Gasteiger partial charge is 0.332 e. The lowest BCUT2D eigenvalue weighted by molar-refractivity contribution is -0.428. The molecule has 0 aliphatic rings. The number of ether oxygens (including phenoxy) is 1. The van der Waals surface area contributed by atoms with Gasteiger partial charge in [0.05, 0.1) is 25.2 Å². The number of methoxy groups -OCH3 is 1. The monoisotopic (exact) mass is 387 g/mol. The molecule has 0 fully saturated rings. The number of rotatable bonds is 5. The molecule has 146 valence electrons. The maximum atomic E-state index is 12.5. The van der Waals surface area contributed by atoms with E-state index in [2.05, 4.69) is 10.3 Å². The van der Waals surface area contributed by atoms with Gasteiger partial charge in [0.25, 0.3) is 11.2 Å². The van der Waals surface area contributed by atoms with Crippen LogP contribution in [0.25, 0.3) is 11.2 Å². The molecular weight excluding hydrogens is 368 g/mol. The number of amides is 1. The zero-order valence-electron chi connectivity index (χ0n) is 15.8. The Hall–Kier alpha value is -3.76. The molecule has 0 spiro atoms. The summed E-state index contributed by atoms with van der Waals surface area (Å²) in [4.78, 5) is 52.4. The normalized spacial score (nSPS) is 10.9. The number of hydrogen-bond donors (Lipinski definition) is 1. The summed E-state index contributed by atoms with van der Waals surface area (Å²) in [5.41, 5.74) is 0.0586. The summed E-state index contributed by atoms with van der Waals surface area (Å²) in [6, 6.07) is 4.60. The number of benzene rings is 1. The van der Waals surface area contributed by atoms with Gasteiger partial charge in [0.2, 0.25) is 5.91 Å². The lowest BCUT2D eigenvalue weighted by atomic mass is 10.2. The molecule has 1 aromatic carbocycles. The van der Waals surface area contributed by atoms with Gasteiger partial charge in [-0.3, -0.25) is 18.7 Å². The first-order chi connectivity index (χ1) is 13.2. The fraction of sp³-hybridized carbons (Fsp3) is 0.294. The molecule has 0 saturated heterocycles. The van der Waals surface area contributed by atoms with Gasteiger partial charge in [-0.2, -0.15) is 0 Å². The molecule has 1 N–H and O–H groups in total. The Morgan fingerprint density at radius 1 is 1.25 bits per heavy atom. The summed E-state index contributed by atoms with van der Waals surface area (Å²) in [6.45, 7) is -0.198. The van der Waals surface area contributed by atoms with Crippen molar-refractivity contribution in [2.24, 2.45) is 14.1 Å². The van der Waals surface area contributed by atoms with Gasteiger partial charge < -0.3 is 14.6 Å². The van der Waals surface area contributed by atoms with Gasteiger partial charge in [0.15, 0.2) is 18.2 Å². The number of nitrogens with zero attached hydrogens (tertiary/aromatic N) is 5. The fourth-order valence-electron chi connectivity index (χ4n) is 2.84. The molecular formula is C17H19N6O5+. The number of aromatic nitrogens is 4. The molecule has 1 amide bonds. The van der Waals surface area contributed by atoms with Gasteiger partial charge in [-0.15, -0.1) is 0 Å². The van der Waals surface area contributed by atoms with Crippen molar-refractivity contribution < 1.29 is 14.3 Å². The number of nitroso groups, excluding NO2 is 1. The lowest BCUT2D eigenvalue weighted by Gasteiger charge is -2.11. The number of carbonyl (C=O) groups excluding carboxylic acids is 1. The van der Waals surface area contributed by atoms with E-state index in [1.807, 2.05) is 0 Å². The highest BCUT2D eigenvalue weighted by molar-refractivity contribution is 5.93. The second-order valence-corrected chi connectivity index (χ2v) is 6.18. The first-order valence-electron chi connectivity index (χ1n) is 8.24. The Morgan fingerprint density at radius 2 is 1.96 bits per heavy atom. The van der Waals surface area contributed by atoms with E-state index in [0.29, 0.717) is 21.9 Å². The topological polar surface area (TPSA) is 120 Å². The number of imidazole rings is 1. The van der Waals surface area contributed by atoms with E-state index >= 15 is 0 Å². The highest BCUT2D eigenvalue weighted by Crippen LogP contribution is 2.28. The third kappa shape index (κ3) is 3.17. The molecule has 0 atom stereocenters. The number of fused-ring (bicyclic) bond motifs is 1. The Bertz CT molecular complexity index is 1220. The largest absolute Gasteiger partial charge is 0.494 e. The maximum Gasteiger partial charge on any atom is 0.332 e. The van der Waals surface area contributed by atoms with Gasteiger partial charge in [0.1, 0.15) is 12.3 Å². The molecule has 28 heavy (non-hydrogen) atoms. The van der Waals surface area contributed by atoms with Crippen LogP contribution in [0.15, 0.2) is 34.1 Å². The van der Waals surface area contributed by atoms with Crippen LogP contribution in [0.5, 0.6) is 5.75 Å². The van der Waals surface area contributed by atoms with E-state index in [0.717, 1.165) is 4.57 Å². The highest BCUT2D eigenvalue weighted by Gasteiger charge is 2.18. The van der Waals surface area contributed by atoms with E-state index in [9.17, 15) is 19.3 Å². The zero-order valence-corrected chi connectivity index (χ0v) is 15.8. The summed E-state index contributed by atoms with van der Waals surface area (Å²) in [6.07, 6.45) is 1.33. The zero-order chi connectivity index (χ0) is 20.6. The molecule has 0 aliphatic carbocycles. The van der Waals surface area contributed by atoms with Crippen LogP contribution in [0, 0.1) is 4.91 Å². The summed E-state index contributed by atoms with van der Waals surface area (Å²) < 4.78 is 9.46. The molecule has 0 aliphatic heterocycles. The molecule has 3 rings (SSSR count). The summed E-state index contributed by atoms with van der Waals surface area (Å²) in [5, 5.41) is 2.68. The van der Waals surface area contributed by atoms with Crippen LogP contribution in [0.3, 0.4) is 0 Å². The number of anilines is 1. The molecule has 0 saturated carbocycles. The number of nitrogens with one attached hydrogen (secondary N) is 1. The highest BCUT2D eigenvalue weighted by atomic mass is 16.5. The van der Waals surface area contributed by atoms with Crippen molar-refractivity contribution in [1.29, 1.82) is 0 Å². The Balaban J connectivity index is 1.92. The summed E-state index contributed by atoms with van der Waals surface area (Å²) in [7, 11) is 5.64. The van der Waals surface area contributed by atoms with Crippen LogP contribution >= 0.6 is 0 Å². The predicted octanol–water partition coefficient (Wildman–Crippen LogP) is 0.121. The summed E-state index contributed by atoms with van der Waals surface area (Å²) in [5.74, 6) is -0.112. The Kier molecular flexibility index (Phi) is 4.82. The molecule has 11 heteroatoms. The van der Waals surface area contributed by atoms with Crippen LogP contribution in [0.1, 0.15) is 0 Å². The molecule has 2 aromatic heterocycles. The fourth-order valence-corrected chi connectivity index (χ4v) is 2.84. The van der Waals surface area contributed by atoms with Gasteiger partial charge in [-0.05, 0) is 6.07 Å². The SMILES string of the molecule is COc1cc([N+](C)=O)ccc1NC(=O)Cn1cnc2c1c(=O)n(C)c(=O)n2C. The first-order valence-corrected chi connectivity index (χ1v) is 8.24. The van der Waals surface area contributed by atoms with Crippen molar-refractivity contribution >= 4 is 28.4 Å². The van der Waals surface area contributed by atoms with Gasteiger partial charge in [0, 0.05) is 29.8 Å². The van der Waals surface area contributed by atoms with Crippen molar-refractivity contribution in [3.63, 3.8) is 0 Å². The summed E-state index contributed by atoms with van der Waals surface area (Å²) >= 11 is 0. The minimum atomic E-state index is -0.538. The van der Waals surface area contributed by atoms with E-state index < -0.39 is 17.2 Å². The molecule has 0 unspecified atom stereocenters. The second-order valence-electron chi connectivity index (χ2n) is 6.18. The minimum absolute atomic E-state index is 0.148. The van der Waals surface area contributed by atoms with E-state index in [4.69, 9.17) is 4.74 Å². The van der Waals surface area contributed by atoms with Crippen molar-refractivity contribution in [3.05, 3.63) is 50.3 Å². The number of aryl methyl sites for hydroxylation is 1. The van der Waals surface area contributed by atoms with Gasteiger partial charge in [-0.1, -0.05) is 0 Å². The Labute approximate surface area is 158 Å². The third-order valence-corrected chi connectivity index (χ3v) is 4.35. The molecule has 3 aromatic rings. The van der Waals surface area contributed by atoms with Gasteiger partial charge in [-0.25, -0.2) is 9.78 Å². The number of carbonyl (C=O) groups is 1. The van der Waals surface area contributed by atoms with Crippen molar-refractivity contribution in [2.45, 2.75) is 6.54 Å². The quantitative estimate of drug-likeness (QED) is 0.621. The van der Waals surface area contributed by atoms with E-state index in [-0.39, 0.29) is 17.7 Å². The van der Waals surface area contributed by atoms with Crippen LogP contribution < -0.4 is 21.3 Å². The van der Waals surface area contributed by atoms with Crippen LogP contribution in [0.4, 0.5) is 11.4 Å². The van der Waals surface area contributed by atoms with E-state index in [1.165, 1.54) is 49.8 Å². The average molecular weight is 387 g/mol. The van der Waals surface area contributed by atoms with Crippen molar-refractivity contribution in [2.75, 3.05) is 19.5 Å². The van der Waals surface area contributed by atoms with Crippen molar-refractivity contribution in [1.82, 2.24) is 18.7 Å². The van der Waals surface area contributed by atoms with Crippen LogP contribution in [-0.2, 0) is 25.4 Å². The van der Waals surface area contributed by atoms with Crippen molar-refractivity contribution in [3.8, 4) is 5.75 Å². The standard InChI is InChI=1S/C17H18N6O5/c1-20-15-14(16(25)21(2)17(20)26)23(9-18-15)8-13(24)19-11-6-5-10(22(3)27)7-12(11)28-4/h5-7,9H,8H2,1-4H3/p+1. The Morgan fingerprint density at radius 3 is 2.61 bits per heavy atom. The molecule has 11 nitrogen and oxygen atoms in total. The average Bonchev–Trinajstić information content (AvgIpc) is 3.08. The first kappa shape index (κ1) is 19.0. The molecule has 0 bridgehead atoms.